The fourth-order valence-corrected chi connectivity index (χ4v) is 1.97. The summed E-state index contributed by atoms with van der Waals surface area (Å²) in [5, 5.41) is 12.8. The smallest absolute Gasteiger partial charge is 0.262 e. The largest absolute Gasteiger partial charge is 0.506 e. The van der Waals surface area contributed by atoms with Gasteiger partial charge in [-0.05, 0) is 49.2 Å². The van der Waals surface area contributed by atoms with Crippen molar-refractivity contribution in [1.29, 1.82) is 0 Å². The molecule has 2 aromatic rings. The van der Waals surface area contributed by atoms with E-state index in [1.807, 2.05) is 19.9 Å². The number of halogens is 1. The van der Waals surface area contributed by atoms with Crippen LogP contribution >= 0.6 is 11.6 Å². The van der Waals surface area contributed by atoms with Crippen LogP contribution in [0.5, 0.6) is 11.5 Å². The van der Waals surface area contributed by atoms with Crippen LogP contribution < -0.4 is 10.1 Å². The summed E-state index contributed by atoms with van der Waals surface area (Å²) in [6, 6.07) is 10.4. The van der Waals surface area contributed by atoms with Gasteiger partial charge in [-0.25, -0.2) is 0 Å². The second-order valence-corrected chi connectivity index (χ2v) is 5.20. The highest BCUT2D eigenvalue weighted by atomic mass is 35.5. The molecular formula is C16H16ClNO3. The standard InChI is InChI=1S/C16H16ClNO3/c1-10-4-6-13(14(19)7-10)18-16(20)9-21-15-8-11(2)3-5-12(15)17/h3-8,19H,9H2,1-2H3,(H,18,20). The minimum atomic E-state index is -0.369. The lowest BCUT2D eigenvalue weighted by Gasteiger charge is -2.10. The van der Waals surface area contributed by atoms with Crippen molar-refractivity contribution in [3.63, 3.8) is 0 Å². The molecule has 0 aliphatic carbocycles. The molecule has 0 bridgehead atoms. The van der Waals surface area contributed by atoms with Gasteiger partial charge in [0.25, 0.3) is 5.91 Å². The molecule has 0 atom stereocenters. The summed E-state index contributed by atoms with van der Waals surface area (Å²) in [5.74, 6) is 0.114. The third kappa shape index (κ3) is 4.13. The fraction of sp³-hybridized carbons (Fsp3) is 0.188. The van der Waals surface area contributed by atoms with Gasteiger partial charge in [-0.2, -0.15) is 0 Å². The van der Waals surface area contributed by atoms with Gasteiger partial charge in [0.1, 0.15) is 11.5 Å². The number of amides is 1. The van der Waals surface area contributed by atoms with E-state index in [0.29, 0.717) is 16.5 Å². The van der Waals surface area contributed by atoms with Crippen molar-refractivity contribution in [3.05, 3.63) is 52.5 Å². The van der Waals surface area contributed by atoms with Crippen molar-refractivity contribution in [3.8, 4) is 11.5 Å². The van der Waals surface area contributed by atoms with E-state index in [4.69, 9.17) is 16.3 Å². The highest BCUT2D eigenvalue weighted by molar-refractivity contribution is 6.32. The lowest BCUT2D eigenvalue weighted by molar-refractivity contribution is -0.118. The molecule has 0 saturated heterocycles. The first-order valence-electron chi connectivity index (χ1n) is 6.44. The average molecular weight is 306 g/mol. The molecule has 0 saturated carbocycles. The summed E-state index contributed by atoms with van der Waals surface area (Å²) in [6.45, 7) is 3.58. The number of nitrogens with one attached hydrogen (secondary N) is 1. The van der Waals surface area contributed by atoms with Gasteiger partial charge in [0.15, 0.2) is 6.61 Å². The number of carbonyl (C=O) groups is 1. The maximum absolute atomic E-state index is 11.8. The molecule has 1 amide bonds. The Morgan fingerprint density at radius 2 is 1.86 bits per heavy atom. The average Bonchev–Trinajstić information content (AvgIpc) is 2.43. The Bertz CT molecular complexity index is 671. The first-order chi connectivity index (χ1) is 9.95. The van der Waals surface area contributed by atoms with Gasteiger partial charge >= 0.3 is 0 Å². The van der Waals surface area contributed by atoms with Crippen molar-refractivity contribution in [1.82, 2.24) is 0 Å². The zero-order valence-electron chi connectivity index (χ0n) is 11.8. The fourth-order valence-electron chi connectivity index (χ4n) is 1.80. The minimum absolute atomic E-state index is 0.0249. The molecule has 110 valence electrons. The Morgan fingerprint density at radius 1 is 1.19 bits per heavy atom. The Labute approximate surface area is 128 Å². The Balaban J connectivity index is 1.97. The number of phenols is 1. The molecule has 2 aromatic carbocycles. The number of carbonyl (C=O) groups excluding carboxylic acids is 1. The molecule has 0 aliphatic heterocycles. The van der Waals surface area contributed by atoms with Crippen LogP contribution in [0, 0.1) is 13.8 Å². The molecule has 5 heteroatoms. The third-order valence-electron chi connectivity index (χ3n) is 2.87. The molecule has 0 radical (unpaired) electrons. The second kappa shape index (κ2) is 6.50. The highest BCUT2D eigenvalue weighted by Crippen LogP contribution is 2.26. The molecule has 2 rings (SSSR count). The van der Waals surface area contributed by atoms with Gasteiger partial charge < -0.3 is 15.2 Å². The quantitative estimate of drug-likeness (QED) is 0.847. The van der Waals surface area contributed by atoms with Crippen LogP contribution in [0.4, 0.5) is 5.69 Å². The number of hydrogen-bond donors (Lipinski definition) is 2. The van der Waals surface area contributed by atoms with Crippen molar-refractivity contribution < 1.29 is 14.6 Å². The lowest BCUT2D eigenvalue weighted by Crippen LogP contribution is -2.20. The van der Waals surface area contributed by atoms with Gasteiger partial charge in [0.05, 0.1) is 10.7 Å². The van der Waals surface area contributed by atoms with Gasteiger partial charge in [-0.1, -0.05) is 23.7 Å². The predicted octanol–water partition coefficient (Wildman–Crippen LogP) is 3.68. The van der Waals surface area contributed by atoms with E-state index in [2.05, 4.69) is 5.32 Å². The Kier molecular flexibility index (Phi) is 4.70. The van der Waals surface area contributed by atoms with Crippen LogP contribution in [0.2, 0.25) is 5.02 Å². The number of anilines is 1. The number of aromatic hydroxyl groups is 1. The number of aryl methyl sites for hydroxylation is 2. The monoisotopic (exact) mass is 305 g/mol. The molecular weight excluding hydrogens is 290 g/mol. The maximum Gasteiger partial charge on any atom is 0.262 e. The van der Waals surface area contributed by atoms with E-state index in [1.54, 1.807) is 30.3 Å². The molecule has 2 N–H and O–H groups in total. The van der Waals surface area contributed by atoms with E-state index in [-0.39, 0.29) is 18.3 Å². The second-order valence-electron chi connectivity index (χ2n) is 4.79. The number of rotatable bonds is 4. The van der Waals surface area contributed by atoms with Crippen LogP contribution in [0.25, 0.3) is 0 Å². The van der Waals surface area contributed by atoms with Crippen molar-refractivity contribution >= 4 is 23.2 Å². The first-order valence-corrected chi connectivity index (χ1v) is 6.82. The van der Waals surface area contributed by atoms with Crippen LogP contribution in [-0.4, -0.2) is 17.6 Å². The van der Waals surface area contributed by atoms with Gasteiger partial charge in [-0.3, -0.25) is 4.79 Å². The Hall–Kier alpha value is -2.20. The summed E-state index contributed by atoms with van der Waals surface area (Å²) in [6.07, 6.45) is 0. The van der Waals surface area contributed by atoms with Gasteiger partial charge in [-0.15, -0.1) is 0 Å². The summed E-state index contributed by atoms with van der Waals surface area (Å²) < 4.78 is 5.39. The zero-order chi connectivity index (χ0) is 15.4. The van der Waals surface area contributed by atoms with E-state index >= 15 is 0 Å². The van der Waals surface area contributed by atoms with E-state index < -0.39 is 0 Å². The van der Waals surface area contributed by atoms with E-state index in [9.17, 15) is 9.90 Å². The summed E-state index contributed by atoms with van der Waals surface area (Å²) in [7, 11) is 0. The minimum Gasteiger partial charge on any atom is -0.506 e. The molecule has 0 fully saturated rings. The van der Waals surface area contributed by atoms with E-state index in [1.165, 1.54) is 0 Å². The number of benzene rings is 2. The van der Waals surface area contributed by atoms with Crippen LogP contribution in [0.15, 0.2) is 36.4 Å². The third-order valence-corrected chi connectivity index (χ3v) is 3.19. The molecule has 0 heterocycles. The molecule has 0 spiro atoms. The zero-order valence-corrected chi connectivity index (χ0v) is 12.6. The highest BCUT2D eigenvalue weighted by Gasteiger charge is 2.09. The molecule has 4 nitrogen and oxygen atoms in total. The summed E-state index contributed by atoms with van der Waals surface area (Å²) in [5.41, 5.74) is 2.25. The summed E-state index contributed by atoms with van der Waals surface area (Å²) in [4.78, 5) is 11.8. The maximum atomic E-state index is 11.8. The first kappa shape index (κ1) is 15.2. The normalized spacial score (nSPS) is 10.2. The molecule has 0 aromatic heterocycles. The predicted molar refractivity (Wildman–Crippen MR) is 83.2 cm³/mol. The van der Waals surface area contributed by atoms with Crippen LogP contribution in [-0.2, 0) is 4.79 Å². The molecule has 0 aliphatic rings. The van der Waals surface area contributed by atoms with Crippen molar-refractivity contribution in [2.45, 2.75) is 13.8 Å². The number of hydrogen-bond acceptors (Lipinski definition) is 3. The van der Waals surface area contributed by atoms with Crippen molar-refractivity contribution in [2.75, 3.05) is 11.9 Å². The molecule has 0 unspecified atom stereocenters. The number of phenolic OH excluding ortho intramolecular Hbond substituents is 1. The Morgan fingerprint density at radius 3 is 2.57 bits per heavy atom. The molecule has 21 heavy (non-hydrogen) atoms. The van der Waals surface area contributed by atoms with Crippen LogP contribution in [0.3, 0.4) is 0 Å². The van der Waals surface area contributed by atoms with Gasteiger partial charge in [0, 0.05) is 0 Å². The number of ether oxygens (including phenoxy) is 1. The van der Waals surface area contributed by atoms with Gasteiger partial charge in [0.2, 0.25) is 0 Å². The van der Waals surface area contributed by atoms with Crippen molar-refractivity contribution in [2.24, 2.45) is 0 Å². The lowest BCUT2D eigenvalue weighted by atomic mass is 10.2. The topological polar surface area (TPSA) is 58.6 Å². The van der Waals surface area contributed by atoms with E-state index in [0.717, 1.165) is 11.1 Å². The summed E-state index contributed by atoms with van der Waals surface area (Å²) >= 11 is 5.99. The SMILES string of the molecule is Cc1ccc(NC(=O)COc2cc(C)ccc2Cl)c(O)c1. The van der Waals surface area contributed by atoms with Crippen LogP contribution in [0.1, 0.15) is 11.1 Å².